The number of alkyl halides is 1. The van der Waals surface area contributed by atoms with Gasteiger partial charge in [0.05, 0.1) is 4.34 Å². The standard InChI is InChI=1S/C9H5Cl2IS2/c10-7-2-1-6(14-7)8(11)9-5(12)3-4-13-9/h1-4,8H. The summed E-state index contributed by atoms with van der Waals surface area (Å²) >= 11 is 17.7. The first-order chi connectivity index (χ1) is 6.68. The van der Waals surface area contributed by atoms with E-state index in [4.69, 9.17) is 23.2 Å². The first-order valence-corrected chi connectivity index (χ1v) is 7.39. The van der Waals surface area contributed by atoms with Gasteiger partial charge in [0.1, 0.15) is 5.38 Å². The Hall–Kier alpha value is 0.710. The molecule has 0 radical (unpaired) electrons. The second-order valence-electron chi connectivity index (χ2n) is 2.64. The predicted molar refractivity (Wildman–Crippen MR) is 74.1 cm³/mol. The summed E-state index contributed by atoms with van der Waals surface area (Å²) in [6.45, 7) is 0. The number of hydrogen-bond donors (Lipinski definition) is 0. The number of thiophene rings is 2. The van der Waals surface area contributed by atoms with Gasteiger partial charge in [0.15, 0.2) is 0 Å². The first-order valence-electron chi connectivity index (χ1n) is 3.80. The van der Waals surface area contributed by atoms with Crippen molar-refractivity contribution in [2.45, 2.75) is 5.38 Å². The summed E-state index contributed by atoms with van der Waals surface area (Å²) in [6.07, 6.45) is 0. The molecule has 74 valence electrons. The van der Waals surface area contributed by atoms with Crippen LogP contribution in [0.5, 0.6) is 0 Å². The molecular formula is C9H5Cl2IS2. The minimum Gasteiger partial charge on any atom is -0.146 e. The highest BCUT2D eigenvalue weighted by atomic mass is 127. The van der Waals surface area contributed by atoms with Crippen LogP contribution in [0.4, 0.5) is 0 Å². The smallest absolute Gasteiger partial charge is 0.103 e. The van der Waals surface area contributed by atoms with E-state index in [2.05, 4.69) is 34.0 Å². The van der Waals surface area contributed by atoms with Crippen molar-refractivity contribution in [3.8, 4) is 0 Å². The van der Waals surface area contributed by atoms with E-state index in [-0.39, 0.29) is 5.38 Å². The normalized spacial score (nSPS) is 13.1. The Morgan fingerprint density at radius 3 is 2.57 bits per heavy atom. The summed E-state index contributed by atoms with van der Waals surface area (Å²) < 4.78 is 2.01. The average Bonchev–Trinajstić information content (AvgIpc) is 2.73. The SMILES string of the molecule is Clc1ccc(C(Cl)c2sccc2I)s1. The third kappa shape index (κ3) is 2.27. The topological polar surface area (TPSA) is 0 Å². The van der Waals surface area contributed by atoms with Gasteiger partial charge in [-0.1, -0.05) is 11.6 Å². The van der Waals surface area contributed by atoms with E-state index < -0.39 is 0 Å². The highest BCUT2D eigenvalue weighted by Gasteiger charge is 2.16. The molecule has 0 aliphatic heterocycles. The molecule has 0 spiro atoms. The van der Waals surface area contributed by atoms with E-state index in [1.165, 1.54) is 19.8 Å². The van der Waals surface area contributed by atoms with Gasteiger partial charge >= 0.3 is 0 Å². The molecule has 0 nitrogen and oxygen atoms in total. The van der Waals surface area contributed by atoms with E-state index in [0.717, 1.165) is 9.21 Å². The van der Waals surface area contributed by atoms with Gasteiger partial charge in [-0.3, -0.25) is 0 Å². The number of hydrogen-bond acceptors (Lipinski definition) is 2. The lowest BCUT2D eigenvalue weighted by atomic mass is 10.3. The third-order valence-electron chi connectivity index (χ3n) is 1.72. The van der Waals surface area contributed by atoms with Gasteiger partial charge in [-0.15, -0.1) is 34.3 Å². The quantitative estimate of drug-likeness (QED) is 0.488. The first kappa shape index (κ1) is 11.2. The lowest BCUT2D eigenvalue weighted by Crippen LogP contribution is -1.87. The van der Waals surface area contributed by atoms with Gasteiger partial charge in [-0.05, 0) is 46.2 Å². The summed E-state index contributed by atoms with van der Waals surface area (Å²) in [6, 6.07) is 5.95. The van der Waals surface area contributed by atoms with Crippen LogP contribution < -0.4 is 0 Å². The van der Waals surface area contributed by atoms with E-state index >= 15 is 0 Å². The molecule has 14 heavy (non-hydrogen) atoms. The molecule has 2 aromatic heterocycles. The molecule has 0 amide bonds. The van der Waals surface area contributed by atoms with E-state index in [0.29, 0.717) is 0 Å². The number of halogens is 3. The van der Waals surface area contributed by atoms with Crippen LogP contribution in [0.2, 0.25) is 4.34 Å². The monoisotopic (exact) mass is 374 g/mol. The molecule has 0 saturated carbocycles. The van der Waals surface area contributed by atoms with E-state index in [1.54, 1.807) is 11.3 Å². The Labute approximate surface area is 114 Å². The van der Waals surface area contributed by atoms with E-state index in [9.17, 15) is 0 Å². The molecule has 2 rings (SSSR count). The lowest BCUT2D eigenvalue weighted by Gasteiger charge is -2.04. The highest BCUT2D eigenvalue weighted by molar-refractivity contribution is 14.1. The largest absolute Gasteiger partial charge is 0.146 e. The molecule has 0 fully saturated rings. The maximum Gasteiger partial charge on any atom is 0.103 e. The van der Waals surface area contributed by atoms with Crippen LogP contribution in [0.15, 0.2) is 23.6 Å². The van der Waals surface area contributed by atoms with Crippen molar-refractivity contribution < 1.29 is 0 Å². The minimum atomic E-state index is -0.0561. The van der Waals surface area contributed by atoms with Crippen LogP contribution in [-0.2, 0) is 0 Å². The van der Waals surface area contributed by atoms with Crippen molar-refractivity contribution in [3.05, 3.63) is 41.2 Å². The third-order valence-corrected chi connectivity index (χ3v) is 6.02. The van der Waals surface area contributed by atoms with E-state index in [1.807, 2.05) is 12.1 Å². The molecular weight excluding hydrogens is 370 g/mol. The van der Waals surface area contributed by atoms with Crippen LogP contribution in [-0.4, -0.2) is 0 Å². The summed E-state index contributed by atoms with van der Waals surface area (Å²) in [4.78, 5) is 2.31. The summed E-state index contributed by atoms with van der Waals surface area (Å²) in [7, 11) is 0. The van der Waals surface area contributed by atoms with Crippen LogP contribution in [0.3, 0.4) is 0 Å². The second-order valence-corrected chi connectivity index (χ2v) is 6.93. The van der Waals surface area contributed by atoms with Crippen molar-refractivity contribution in [3.63, 3.8) is 0 Å². The Bertz CT molecular complexity index is 435. The zero-order chi connectivity index (χ0) is 10.1. The molecule has 0 aromatic carbocycles. The fourth-order valence-electron chi connectivity index (χ4n) is 1.08. The fraction of sp³-hybridized carbons (Fsp3) is 0.111. The Kier molecular flexibility index (Phi) is 3.76. The van der Waals surface area contributed by atoms with Gasteiger partial charge in [0.25, 0.3) is 0 Å². The minimum absolute atomic E-state index is 0.0561. The van der Waals surface area contributed by atoms with Gasteiger partial charge < -0.3 is 0 Å². The number of rotatable bonds is 2. The lowest BCUT2D eigenvalue weighted by molar-refractivity contribution is 1.23. The van der Waals surface area contributed by atoms with Crippen molar-refractivity contribution in [1.82, 2.24) is 0 Å². The van der Waals surface area contributed by atoms with Crippen LogP contribution >= 0.6 is 68.5 Å². The molecule has 0 aliphatic rings. The van der Waals surface area contributed by atoms with Crippen molar-refractivity contribution in [1.29, 1.82) is 0 Å². The molecule has 0 aliphatic carbocycles. The molecule has 1 atom stereocenters. The maximum absolute atomic E-state index is 6.35. The molecule has 1 unspecified atom stereocenters. The van der Waals surface area contributed by atoms with Gasteiger partial charge in [-0.25, -0.2) is 0 Å². The second kappa shape index (κ2) is 4.70. The Morgan fingerprint density at radius 2 is 2.07 bits per heavy atom. The fourth-order valence-corrected chi connectivity index (χ4v) is 4.76. The zero-order valence-electron chi connectivity index (χ0n) is 6.84. The summed E-state index contributed by atoms with van der Waals surface area (Å²) in [5, 5.41) is 2.00. The zero-order valence-corrected chi connectivity index (χ0v) is 12.1. The predicted octanol–water partition coefficient (Wildman–Crippen LogP) is 5.40. The average molecular weight is 375 g/mol. The van der Waals surface area contributed by atoms with Crippen molar-refractivity contribution in [2.24, 2.45) is 0 Å². The molecule has 5 heteroatoms. The Morgan fingerprint density at radius 1 is 1.29 bits per heavy atom. The summed E-state index contributed by atoms with van der Waals surface area (Å²) in [5.74, 6) is 0. The van der Waals surface area contributed by atoms with Gasteiger partial charge in [-0.2, -0.15) is 0 Å². The molecule has 2 aromatic rings. The van der Waals surface area contributed by atoms with Crippen LogP contribution in [0.1, 0.15) is 15.1 Å². The molecule has 0 bridgehead atoms. The summed E-state index contributed by atoms with van der Waals surface area (Å²) in [5.41, 5.74) is 0. The highest BCUT2D eigenvalue weighted by Crippen LogP contribution is 2.39. The molecule has 0 N–H and O–H groups in total. The van der Waals surface area contributed by atoms with Crippen molar-refractivity contribution in [2.75, 3.05) is 0 Å². The van der Waals surface area contributed by atoms with Gasteiger partial charge in [0.2, 0.25) is 0 Å². The van der Waals surface area contributed by atoms with Crippen LogP contribution in [0.25, 0.3) is 0 Å². The van der Waals surface area contributed by atoms with Crippen molar-refractivity contribution >= 4 is 68.5 Å². The molecule has 2 heterocycles. The van der Waals surface area contributed by atoms with Gasteiger partial charge in [0, 0.05) is 13.3 Å². The molecule has 0 saturated heterocycles. The van der Waals surface area contributed by atoms with Crippen LogP contribution in [0, 0.1) is 3.57 Å². The Balaban J connectivity index is 2.33. The maximum atomic E-state index is 6.35.